The van der Waals surface area contributed by atoms with Crippen molar-refractivity contribution in [3.05, 3.63) is 27.7 Å². The molecular formula is C7H6BrF2P. The van der Waals surface area contributed by atoms with Crippen LogP contribution in [0, 0.1) is 18.6 Å². The molecule has 60 valence electrons. The van der Waals surface area contributed by atoms with Crippen molar-refractivity contribution in [2.75, 3.05) is 0 Å². The lowest BCUT2D eigenvalue weighted by molar-refractivity contribution is 0.576. The summed E-state index contributed by atoms with van der Waals surface area (Å²) in [6, 6.07) is 0.868. The highest BCUT2D eigenvalue weighted by Gasteiger charge is 2.09. The van der Waals surface area contributed by atoms with Gasteiger partial charge in [-0.25, -0.2) is 8.78 Å². The molecule has 11 heavy (non-hydrogen) atoms. The molecule has 0 spiro atoms. The molecule has 0 radical (unpaired) electrons. The van der Waals surface area contributed by atoms with Crippen molar-refractivity contribution < 1.29 is 8.78 Å². The van der Waals surface area contributed by atoms with E-state index in [2.05, 4.69) is 25.2 Å². The molecule has 0 saturated heterocycles. The normalized spacial score (nSPS) is 10.3. The minimum atomic E-state index is -0.571. The van der Waals surface area contributed by atoms with E-state index in [4.69, 9.17) is 0 Å². The summed E-state index contributed by atoms with van der Waals surface area (Å²) in [6.07, 6.45) is 0. The molecule has 1 atom stereocenters. The number of benzene rings is 1. The molecule has 0 aromatic heterocycles. The highest BCUT2D eigenvalue weighted by molar-refractivity contribution is 9.10. The van der Waals surface area contributed by atoms with E-state index in [9.17, 15) is 8.78 Å². The second-order valence-electron chi connectivity index (χ2n) is 2.19. The Morgan fingerprint density at radius 3 is 2.45 bits per heavy atom. The Kier molecular flexibility index (Phi) is 2.61. The van der Waals surface area contributed by atoms with Gasteiger partial charge in [0.15, 0.2) is 0 Å². The Hall–Kier alpha value is -0.0100. The number of hydrogen-bond acceptors (Lipinski definition) is 0. The van der Waals surface area contributed by atoms with Crippen LogP contribution >= 0.6 is 25.2 Å². The van der Waals surface area contributed by atoms with Gasteiger partial charge in [0.1, 0.15) is 11.6 Å². The topological polar surface area (TPSA) is 0 Å². The van der Waals surface area contributed by atoms with Crippen LogP contribution in [0.3, 0.4) is 0 Å². The molecule has 0 aliphatic rings. The molecular weight excluding hydrogens is 233 g/mol. The summed E-state index contributed by atoms with van der Waals surface area (Å²) in [5.74, 6) is -1.09. The zero-order valence-electron chi connectivity index (χ0n) is 5.79. The molecule has 0 aliphatic carbocycles. The molecule has 0 fully saturated rings. The fraction of sp³-hybridized carbons (Fsp3) is 0.143. The molecule has 0 N–H and O–H groups in total. The second-order valence-corrected chi connectivity index (χ2v) is 3.56. The van der Waals surface area contributed by atoms with E-state index in [0.29, 0.717) is 15.3 Å². The van der Waals surface area contributed by atoms with Gasteiger partial charge in [-0.15, -0.1) is 9.24 Å². The predicted molar refractivity (Wildman–Crippen MR) is 48.1 cm³/mol. The zero-order chi connectivity index (χ0) is 8.59. The quantitative estimate of drug-likeness (QED) is 0.482. The first-order chi connectivity index (χ1) is 5.04. The third-order valence-electron chi connectivity index (χ3n) is 1.46. The fourth-order valence-electron chi connectivity index (χ4n) is 0.705. The van der Waals surface area contributed by atoms with Gasteiger partial charge in [-0.1, -0.05) is 0 Å². The van der Waals surface area contributed by atoms with Gasteiger partial charge in [0, 0.05) is 6.07 Å². The maximum absolute atomic E-state index is 12.7. The van der Waals surface area contributed by atoms with Crippen molar-refractivity contribution in [2.45, 2.75) is 6.92 Å². The number of rotatable bonds is 0. The Balaban J connectivity index is 3.46. The first kappa shape index (κ1) is 9.08. The summed E-state index contributed by atoms with van der Waals surface area (Å²) in [4.78, 5) is 0. The van der Waals surface area contributed by atoms with E-state index in [-0.39, 0.29) is 0 Å². The van der Waals surface area contributed by atoms with E-state index in [1.807, 2.05) is 0 Å². The van der Waals surface area contributed by atoms with Gasteiger partial charge < -0.3 is 0 Å². The van der Waals surface area contributed by atoms with Crippen LogP contribution in [-0.4, -0.2) is 0 Å². The van der Waals surface area contributed by atoms with E-state index in [0.717, 1.165) is 6.07 Å². The summed E-state index contributed by atoms with van der Waals surface area (Å²) in [7, 11) is 2.29. The number of halogens is 3. The van der Waals surface area contributed by atoms with Gasteiger partial charge in [0.25, 0.3) is 0 Å². The average molecular weight is 239 g/mol. The smallest absolute Gasteiger partial charge is 0.140 e. The van der Waals surface area contributed by atoms with E-state index in [1.165, 1.54) is 0 Å². The van der Waals surface area contributed by atoms with Gasteiger partial charge in [-0.3, -0.25) is 0 Å². The summed E-state index contributed by atoms with van der Waals surface area (Å²) < 4.78 is 25.8. The van der Waals surface area contributed by atoms with Crippen molar-refractivity contribution >= 4 is 30.5 Å². The lowest BCUT2D eigenvalue weighted by Crippen LogP contribution is -2.04. The van der Waals surface area contributed by atoms with E-state index < -0.39 is 11.6 Å². The van der Waals surface area contributed by atoms with E-state index in [1.54, 1.807) is 6.92 Å². The first-order valence-electron chi connectivity index (χ1n) is 2.93. The van der Waals surface area contributed by atoms with Crippen LogP contribution in [0.15, 0.2) is 10.5 Å². The summed E-state index contributed by atoms with van der Waals surface area (Å²) in [6.45, 7) is 1.60. The van der Waals surface area contributed by atoms with Crippen LogP contribution in [0.25, 0.3) is 0 Å². The molecule has 1 unspecified atom stereocenters. The van der Waals surface area contributed by atoms with Crippen LogP contribution in [0.2, 0.25) is 0 Å². The molecule has 0 bridgehead atoms. The lowest BCUT2D eigenvalue weighted by atomic mass is 10.2. The van der Waals surface area contributed by atoms with Crippen molar-refractivity contribution in [3.8, 4) is 0 Å². The van der Waals surface area contributed by atoms with Gasteiger partial charge in [-0.2, -0.15) is 0 Å². The zero-order valence-corrected chi connectivity index (χ0v) is 8.53. The summed E-state index contributed by atoms with van der Waals surface area (Å²) in [5, 5.41) is 0.530. The molecule has 1 rings (SSSR count). The monoisotopic (exact) mass is 238 g/mol. The summed E-state index contributed by atoms with van der Waals surface area (Å²) in [5.41, 5.74) is 0.447. The molecule has 1 aromatic rings. The Morgan fingerprint density at radius 2 is 1.91 bits per heavy atom. The molecule has 0 saturated carbocycles. The minimum absolute atomic E-state index is 0.307. The van der Waals surface area contributed by atoms with Crippen LogP contribution in [0.5, 0.6) is 0 Å². The van der Waals surface area contributed by atoms with Gasteiger partial charge in [0.2, 0.25) is 0 Å². The highest BCUT2D eigenvalue weighted by atomic mass is 79.9. The fourth-order valence-corrected chi connectivity index (χ4v) is 1.39. The maximum Gasteiger partial charge on any atom is 0.140 e. The van der Waals surface area contributed by atoms with Crippen LogP contribution in [0.1, 0.15) is 5.56 Å². The standard InChI is InChI=1S/C7H6BrF2P/c1-3-4(9)2-5(10)6(8)7(3)11/h2H,11H2,1H3. The van der Waals surface area contributed by atoms with E-state index >= 15 is 0 Å². The van der Waals surface area contributed by atoms with Crippen molar-refractivity contribution in [2.24, 2.45) is 0 Å². The SMILES string of the molecule is Cc1c(F)cc(F)c(Br)c1P. The molecule has 0 heterocycles. The summed E-state index contributed by atoms with van der Waals surface area (Å²) >= 11 is 3.00. The maximum atomic E-state index is 12.7. The minimum Gasteiger partial charge on any atom is -0.207 e. The van der Waals surface area contributed by atoms with Crippen molar-refractivity contribution in [1.82, 2.24) is 0 Å². The second kappa shape index (κ2) is 3.16. The van der Waals surface area contributed by atoms with Crippen LogP contribution in [-0.2, 0) is 0 Å². The predicted octanol–water partition coefficient (Wildman–Crippen LogP) is 2.54. The molecule has 0 nitrogen and oxygen atoms in total. The van der Waals surface area contributed by atoms with Crippen LogP contribution < -0.4 is 5.30 Å². The molecule has 1 aromatic carbocycles. The number of hydrogen-bond donors (Lipinski definition) is 0. The Bertz CT molecular complexity index is 273. The van der Waals surface area contributed by atoms with Gasteiger partial charge >= 0.3 is 0 Å². The lowest BCUT2D eigenvalue weighted by Gasteiger charge is -2.04. The third kappa shape index (κ3) is 1.60. The third-order valence-corrected chi connectivity index (χ3v) is 3.41. The largest absolute Gasteiger partial charge is 0.207 e. The van der Waals surface area contributed by atoms with Crippen LogP contribution in [0.4, 0.5) is 8.78 Å². The molecule has 0 amide bonds. The average Bonchev–Trinajstić information content (AvgIpc) is 1.97. The highest BCUT2D eigenvalue weighted by Crippen LogP contribution is 2.19. The molecule has 0 aliphatic heterocycles. The van der Waals surface area contributed by atoms with Gasteiger partial charge in [0.05, 0.1) is 4.47 Å². The Labute approximate surface area is 74.3 Å². The van der Waals surface area contributed by atoms with Crippen molar-refractivity contribution in [1.29, 1.82) is 0 Å². The Morgan fingerprint density at radius 1 is 1.36 bits per heavy atom. The van der Waals surface area contributed by atoms with Crippen molar-refractivity contribution in [3.63, 3.8) is 0 Å². The van der Waals surface area contributed by atoms with Gasteiger partial charge in [-0.05, 0) is 33.7 Å². The molecule has 4 heteroatoms. The first-order valence-corrected chi connectivity index (χ1v) is 4.30.